The number of carbonyl (C=O) groups is 2. The van der Waals surface area contributed by atoms with Gasteiger partial charge in [-0.15, -0.1) is 0 Å². The maximum absolute atomic E-state index is 11.6. The van der Waals surface area contributed by atoms with Crippen LogP contribution in [0.2, 0.25) is 5.02 Å². The van der Waals surface area contributed by atoms with Crippen molar-refractivity contribution in [2.75, 3.05) is 0 Å². The molecule has 0 aliphatic heterocycles. The average Bonchev–Trinajstić information content (AvgIpc) is 3.06. The molecule has 3 rings (SSSR count). The zero-order valence-corrected chi connectivity index (χ0v) is 14.6. The number of nitrogens with zero attached hydrogens (tertiary/aromatic N) is 1. The number of aromatic nitrogens is 2. The van der Waals surface area contributed by atoms with Crippen LogP contribution in [0.1, 0.15) is 23.0 Å². The number of H-pyrrole nitrogens is 1. The monoisotopic (exact) mass is 370 g/mol. The number of aromatic carboxylic acids is 1. The second-order valence-electron chi connectivity index (χ2n) is 5.60. The number of halogens is 1. The van der Waals surface area contributed by atoms with Gasteiger partial charge in [-0.2, -0.15) is 0 Å². The van der Waals surface area contributed by atoms with Gasteiger partial charge in [0.25, 0.3) is 0 Å². The van der Waals surface area contributed by atoms with E-state index in [1.54, 1.807) is 48.5 Å². The highest BCUT2D eigenvalue weighted by molar-refractivity contribution is 6.30. The van der Waals surface area contributed by atoms with E-state index in [-0.39, 0.29) is 18.3 Å². The van der Waals surface area contributed by atoms with E-state index in [1.165, 1.54) is 6.92 Å². The van der Waals surface area contributed by atoms with Crippen molar-refractivity contribution in [2.45, 2.75) is 13.5 Å². The molecule has 1 aromatic heterocycles. The SMILES string of the molecule is CC(=O)OCc1ccc(-c2nc(-c3ccc(Cl)cc3)c(C(=O)O)[nH]2)cc1. The largest absolute Gasteiger partial charge is 0.477 e. The predicted molar refractivity (Wildman–Crippen MR) is 96.9 cm³/mol. The van der Waals surface area contributed by atoms with Crippen molar-refractivity contribution in [1.82, 2.24) is 9.97 Å². The number of imidazole rings is 1. The van der Waals surface area contributed by atoms with E-state index in [4.69, 9.17) is 16.3 Å². The van der Waals surface area contributed by atoms with Crippen LogP contribution in [0.5, 0.6) is 0 Å². The molecule has 132 valence electrons. The summed E-state index contributed by atoms with van der Waals surface area (Å²) in [5.41, 5.74) is 2.55. The third kappa shape index (κ3) is 3.92. The van der Waals surface area contributed by atoms with Crippen molar-refractivity contribution in [3.8, 4) is 22.6 Å². The maximum Gasteiger partial charge on any atom is 0.354 e. The van der Waals surface area contributed by atoms with Crippen molar-refractivity contribution < 1.29 is 19.4 Å². The molecule has 1 heterocycles. The van der Waals surface area contributed by atoms with E-state index in [0.717, 1.165) is 11.1 Å². The molecule has 0 spiro atoms. The van der Waals surface area contributed by atoms with Crippen LogP contribution in [0.3, 0.4) is 0 Å². The number of nitrogens with one attached hydrogen (secondary N) is 1. The second-order valence-corrected chi connectivity index (χ2v) is 6.03. The Bertz CT molecular complexity index is 947. The second kappa shape index (κ2) is 7.41. The van der Waals surface area contributed by atoms with Crippen molar-refractivity contribution >= 4 is 23.5 Å². The molecule has 6 nitrogen and oxygen atoms in total. The number of benzene rings is 2. The van der Waals surface area contributed by atoms with Crippen LogP contribution in [0.25, 0.3) is 22.6 Å². The predicted octanol–water partition coefficient (Wildman–Crippen LogP) is 4.16. The first kappa shape index (κ1) is 17.7. The average molecular weight is 371 g/mol. The van der Waals surface area contributed by atoms with Gasteiger partial charge in [-0.1, -0.05) is 48.0 Å². The van der Waals surface area contributed by atoms with Crippen molar-refractivity contribution in [1.29, 1.82) is 0 Å². The Kier molecular flexibility index (Phi) is 5.04. The van der Waals surface area contributed by atoms with Gasteiger partial charge in [0.1, 0.15) is 18.1 Å². The van der Waals surface area contributed by atoms with Gasteiger partial charge in [-0.05, 0) is 17.7 Å². The van der Waals surface area contributed by atoms with Gasteiger partial charge in [-0.3, -0.25) is 4.79 Å². The number of carboxylic acids is 1. The van der Waals surface area contributed by atoms with Gasteiger partial charge in [0.15, 0.2) is 5.69 Å². The van der Waals surface area contributed by atoms with Gasteiger partial charge in [0.05, 0.1) is 0 Å². The summed E-state index contributed by atoms with van der Waals surface area (Å²) in [4.78, 5) is 29.7. The Morgan fingerprint density at radius 1 is 1.08 bits per heavy atom. The smallest absolute Gasteiger partial charge is 0.354 e. The first-order chi connectivity index (χ1) is 12.4. The summed E-state index contributed by atoms with van der Waals surface area (Å²) in [5, 5.41) is 10.0. The topological polar surface area (TPSA) is 92.3 Å². The lowest BCUT2D eigenvalue weighted by Gasteiger charge is -2.03. The Morgan fingerprint density at radius 3 is 2.27 bits per heavy atom. The minimum Gasteiger partial charge on any atom is -0.477 e. The molecule has 0 saturated carbocycles. The third-order valence-corrected chi connectivity index (χ3v) is 3.96. The fourth-order valence-electron chi connectivity index (χ4n) is 2.43. The molecule has 0 radical (unpaired) electrons. The molecule has 0 amide bonds. The lowest BCUT2D eigenvalue weighted by atomic mass is 10.1. The van der Waals surface area contributed by atoms with E-state index in [9.17, 15) is 14.7 Å². The Hall–Kier alpha value is -3.12. The summed E-state index contributed by atoms with van der Waals surface area (Å²) in [6.07, 6.45) is 0. The fraction of sp³-hybridized carbons (Fsp3) is 0.105. The molecule has 0 fully saturated rings. The van der Waals surface area contributed by atoms with Crippen molar-refractivity contribution in [3.05, 3.63) is 64.8 Å². The zero-order valence-electron chi connectivity index (χ0n) is 13.8. The van der Waals surface area contributed by atoms with Crippen LogP contribution in [0.4, 0.5) is 0 Å². The molecular formula is C19H15ClN2O4. The maximum atomic E-state index is 11.6. The number of carboxylic acid groups (broad SMARTS) is 1. The fourth-order valence-corrected chi connectivity index (χ4v) is 2.55. The molecule has 0 saturated heterocycles. The highest BCUT2D eigenvalue weighted by Gasteiger charge is 2.18. The molecule has 0 atom stereocenters. The van der Waals surface area contributed by atoms with E-state index in [2.05, 4.69) is 9.97 Å². The van der Waals surface area contributed by atoms with Crippen LogP contribution in [-0.4, -0.2) is 27.0 Å². The van der Waals surface area contributed by atoms with Gasteiger partial charge in [0, 0.05) is 23.1 Å². The van der Waals surface area contributed by atoms with Gasteiger partial charge < -0.3 is 14.8 Å². The first-order valence-electron chi connectivity index (χ1n) is 7.76. The van der Waals surface area contributed by atoms with Crippen LogP contribution in [-0.2, 0) is 16.1 Å². The van der Waals surface area contributed by atoms with E-state index < -0.39 is 5.97 Å². The molecule has 3 aromatic rings. The van der Waals surface area contributed by atoms with Crippen LogP contribution in [0, 0.1) is 0 Å². The molecule has 2 aromatic carbocycles. The van der Waals surface area contributed by atoms with Gasteiger partial charge in [-0.25, -0.2) is 9.78 Å². The number of hydrogen-bond acceptors (Lipinski definition) is 4. The zero-order chi connectivity index (χ0) is 18.7. The molecule has 0 aliphatic carbocycles. The molecule has 26 heavy (non-hydrogen) atoms. The summed E-state index contributed by atoms with van der Waals surface area (Å²) in [7, 11) is 0. The van der Waals surface area contributed by atoms with Gasteiger partial charge in [0.2, 0.25) is 0 Å². The lowest BCUT2D eigenvalue weighted by Crippen LogP contribution is -1.99. The Morgan fingerprint density at radius 2 is 1.69 bits per heavy atom. The quantitative estimate of drug-likeness (QED) is 0.658. The minimum atomic E-state index is -1.10. The number of hydrogen-bond donors (Lipinski definition) is 2. The molecule has 0 unspecified atom stereocenters. The third-order valence-electron chi connectivity index (χ3n) is 3.70. The van der Waals surface area contributed by atoms with E-state index in [0.29, 0.717) is 22.1 Å². The number of aromatic amines is 1. The summed E-state index contributed by atoms with van der Waals surface area (Å²) in [5.74, 6) is -1.01. The first-order valence-corrected chi connectivity index (χ1v) is 8.14. The molecule has 2 N–H and O–H groups in total. The number of rotatable bonds is 5. The lowest BCUT2D eigenvalue weighted by molar-refractivity contribution is -0.142. The minimum absolute atomic E-state index is 0.00584. The van der Waals surface area contributed by atoms with Crippen LogP contribution >= 0.6 is 11.6 Å². The highest BCUT2D eigenvalue weighted by Crippen LogP contribution is 2.27. The Labute approximate surface area is 154 Å². The van der Waals surface area contributed by atoms with Gasteiger partial charge >= 0.3 is 11.9 Å². The van der Waals surface area contributed by atoms with E-state index >= 15 is 0 Å². The van der Waals surface area contributed by atoms with Crippen molar-refractivity contribution in [3.63, 3.8) is 0 Å². The number of ether oxygens (including phenoxy) is 1. The molecule has 7 heteroatoms. The van der Waals surface area contributed by atoms with Crippen LogP contribution in [0.15, 0.2) is 48.5 Å². The highest BCUT2D eigenvalue weighted by atomic mass is 35.5. The normalized spacial score (nSPS) is 10.5. The molecular weight excluding hydrogens is 356 g/mol. The molecule has 0 aliphatic rings. The summed E-state index contributed by atoms with van der Waals surface area (Å²) in [6, 6.07) is 14.0. The Balaban J connectivity index is 1.93. The van der Waals surface area contributed by atoms with E-state index in [1.807, 2.05) is 0 Å². The van der Waals surface area contributed by atoms with Crippen molar-refractivity contribution in [2.24, 2.45) is 0 Å². The summed E-state index contributed by atoms with van der Waals surface area (Å²) in [6.45, 7) is 1.53. The molecule has 0 bridgehead atoms. The standard InChI is InChI=1S/C19H15ClN2O4/c1-11(23)26-10-12-2-4-14(5-3-12)18-21-16(17(22-18)19(24)25)13-6-8-15(20)9-7-13/h2-9H,10H2,1H3,(H,21,22)(H,24,25). The number of carbonyl (C=O) groups excluding carboxylic acids is 1. The summed E-state index contributed by atoms with van der Waals surface area (Å²) < 4.78 is 4.94. The summed E-state index contributed by atoms with van der Waals surface area (Å²) >= 11 is 5.89. The van der Waals surface area contributed by atoms with Crippen LogP contribution < -0.4 is 0 Å². The number of esters is 1.